The molecule has 0 fully saturated rings. The van der Waals surface area contributed by atoms with Gasteiger partial charge in [-0.25, -0.2) is 0 Å². The van der Waals surface area contributed by atoms with Gasteiger partial charge < -0.3 is 4.98 Å². The molecule has 1 N–H and O–H groups in total. The van der Waals surface area contributed by atoms with Crippen LogP contribution in [0.2, 0.25) is 0 Å². The van der Waals surface area contributed by atoms with Gasteiger partial charge in [-0.1, -0.05) is 45.9 Å². The monoisotopic (exact) mass is 345 g/mol. The molecule has 0 saturated heterocycles. The van der Waals surface area contributed by atoms with Gasteiger partial charge in [0.2, 0.25) is 0 Å². The lowest BCUT2D eigenvalue weighted by Gasteiger charge is -2.03. The summed E-state index contributed by atoms with van der Waals surface area (Å²) in [7, 11) is 0. The molecule has 0 aliphatic heterocycles. The molecular weight excluding hydrogens is 334 g/mol. The number of para-hydroxylation sites is 1. The van der Waals surface area contributed by atoms with E-state index in [0.717, 1.165) is 19.9 Å². The first-order valence-corrected chi connectivity index (χ1v) is 7.80. The highest BCUT2D eigenvalue weighted by Crippen LogP contribution is 2.32. The fraction of sp³-hybridized carbons (Fsp3) is 0.0625. The number of carbonyl (C=O) groups is 1. The van der Waals surface area contributed by atoms with Crippen molar-refractivity contribution in [2.24, 2.45) is 0 Å². The minimum atomic E-state index is 0.0686. The molecule has 1 aromatic heterocycles. The van der Waals surface area contributed by atoms with E-state index in [1.165, 1.54) is 5.39 Å². The number of hydrogen-bond donors (Lipinski definition) is 1. The maximum atomic E-state index is 11.4. The number of H-pyrrole nitrogens is 1. The van der Waals surface area contributed by atoms with Crippen LogP contribution in [0.4, 0.5) is 0 Å². The van der Waals surface area contributed by atoms with E-state index in [4.69, 9.17) is 0 Å². The smallest absolute Gasteiger partial charge is 0.160 e. The molecule has 0 saturated carbocycles. The van der Waals surface area contributed by atoms with E-state index in [1.54, 1.807) is 18.7 Å². The third-order valence-electron chi connectivity index (χ3n) is 3.05. The Labute approximate surface area is 129 Å². The van der Waals surface area contributed by atoms with Crippen molar-refractivity contribution in [2.75, 3.05) is 0 Å². The molecular formula is C16H12BrNOS. The molecule has 0 unspecified atom stereocenters. The van der Waals surface area contributed by atoms with Gasteiger partial charge in [0.05, 0.1) is 5.03 Å². The van der Waals surface area contributed by atoms with Gasteiger partial charge in [0, 0.05) is 25.8 Å². The Balaban J connectivity index is 1.90. The summed E-state index contributed by atoms with van der Waals surface area (Å²) in [6, 6.07) is 16.1. The van der Waals surface area contributed by atoms with Gasteiger partial charge in [-0.2, -0.15) is 0 Å². The summed E-state index contributed by atoms with van der Waals surface area (Å²) in [4.78, 5) is 15.9. The van der Waals surface area contributed by atoms with Crippen molar-refractivity contribution in [2.45, 2.75) is 16.8 Å². The summed E-state index contributed by atoms with van der Waals surface area (Å²) in [5, 5.41) is 2.29. The first-order chi connectivity index (χ1) is 9.63. The Morgan fingerprint density at radius 1 is 1.15 bits per heavy atom. The standard InChI is InChI=1S/C16H12BrNOS/c1-10(19)13-7-6-12(9-14(13)17)20-16-8-11-4-2-3-5-15(11)18-16/h2-9,18H,1H3. The average molecular weight is 346 g/mol. The number of benzene rings is 2. The number of aromatic amines is 1. The second-order valence-electron chi connectivity index (χ2n) is 4.52. The van der Waals surface area contributed by atoms with E-state index in [1.807, 2.05) is 30.3 Å². The number of halogens is 1. The molecule has 2 aromatic carbocycles. The van der Waals surface area contributed by atoms with Crippen LogP contribution in [0.25, 0.3) is 10.9 Å². The Morgan fingerprint density at radius 3 is 2.65 bits per heavy atom. The van der Waals surface area contributed by atoms with Crippen LogP contribution < -0.4 is 0 Å². The number of ketones is 1. The van der Waals surface area contributed by atoms with E-state index in [0.29, 0.717) is 5.56 Å². The normalized spacial score (nSPS) is 10.9. The molecule has 0 radical (unpaired) electrons. The van der Waals surface area contributed by atoms with Crippen LogP contribution in [0.1, 0.15) is 17.3 Å². The fourth-order valence-electron chi connectivity index (χ4n) is 2.07. The predicted molar refractivity (Wildman–Crippen MR) is 86.6 cm³/mol. The molecule has 1 heterocycles. The minimum Gasteiger partial charge on any atom is -0.349 e. The maximum absolute atomic E-state index is 11.4. The largest absolute Gasteiger partial charge is 0.349 e. The third kappa shape index (κ3) is 2.67. The van der Waals surface area contributed by atoms with E-state index in [2.05, 4.69) is 39.1 Å². The molecule has 20 heavy (non-hydrogen) atoms. The highest BCUT2D eigenvalue weighted by molar-refractivity contribution is 9.10. The second kappa shape index (κ2) is 5.46. The van der Waals surface area contributed by atoms with Crippen molar-refractivity contribution in [3.05, 3.63) is 58.6 Å². The van der Waals surface area contributed by atoms with E-state index >= 15 is 0 Å². The lowest BCUT2D eigenvalue weighted by atomic mass is 10.2. The molecule has 4 heteroatoms. The van der Waals surface area contributed by atoms with Crippen LogP contribution in [0.3, 0.4) is 0 Å². The fourth-order valence-corrected chi connectivity index (χ4v) is 3.80. The topological polar surface area (TPSA) is 32.9 Å². The third-order valence-corrected chi connectivity index (χ3v) is 4.64. The van der Waals surface area contributed by atoms with E-state index in [9.17, 15) is 4.79 Å². The van der Waals surface area contributed by atoms with Gasteiger partial charge >= 0.3 is 0 Å². The summed E-state index contributed by atoms with van der Waals surface area (Å²) in [6.07, 6.45) is 0. The van der Waals surface area contributed by atoms with Crippen molar-refractivity contribution in [3.8, 4) is 0 Å². The number of nitrogens with one attached hydrogen (secondary N) is 1. The van der Waals surface area contributed by atoms with Gasteiger partial charge in [0.1, 0.15) is 0 Å². The zero-order valence-electron chi connectivity index (χ0n) is 10.8. The first-order valence-electron chi connectivity index (χ1n) is 6.19. The Bertz CT molecular complexity index is 761. The molecule has 0 aliphatic carbocycles. The molecule has 0 atom stereocenters. The van der Waals surface area contributed by atoms with E-state index in [-0.39, 0.29) is 5.78 Å². The average Bonchev–Trinajstić information content (AvgIpc) is 2.80. The van der Waals surface area contributed by atoms with Crippen LogP contribution in [0, 0.1) is 0 Å². The van der Waals surface area contributed by atoms with Crippen LogP contribution in [0.5, 0.6) is 0 Å². The number of aromatic nitrogens is 1. The maximum Gasteiger partial charge on any atom is 0.160 e. The zero-order chi connectivity index (χ0) is 14.1. The van der Waals surface area contributed by atoms with Gasteiger partial charge in [-0.3, -0.25) is 4.79 Å². The highest BCUT2D eigenvalue weighted by Gasteiger charge is 2.08. The van der Waals surface area contributed by atoms with Gasteiger partial charge in [-0.05, 0) is 37.3 Å². The molecule has 2 nitrogen and oxygen atoms in total. The number of fused-ring (bicyclic) bond motifs is 1. The lowest BCUT2D eigenvalue weighted by molar-refractivity contribution is 0.101. The predicted octanol–water partition coefficient (Wildman–Crippen LogP) is 5.28. The zero-order valence-corrected chi connectivity index (χ0v) is 13.2. The van der Waals surface area contributed by atoms with Crippen molar-refractivity contribution in [3.63, 3.8) is 0 Å². The molecule has 100 valence electrons. The van der Waals surface area contributed by atoms with Crippen LogP contribution >= 0.6 is 27.7 Å². The summed E-state index contributed by atoms with van der Waals surface area (Å²) >= 11 is 5.10. The molecule has 0 amide bonds. The lowest BCUT2D eigenvalue weighted by Crippen LogP contribution is -1.93. The summed E-state index contributed by atoms with van der Waals surface area (Å²) in [6.45, 7) is 1.57. The SMILES string of the molecule is CC(=O)c1ccc(Sc2cc3ccccc3[nH]2)cc1Br. The molecule has 0 aliphatic rings. The second-order valence-corrected chi connectivity index (χ2v) is 6.49. The molecule has 3 rings (SSSR count). The van der Waals surface area contributed by atoms with Gasteiger partial charge in [0.15, 0.2) is 5.78 Å². The van der Waals surface area contributed by atoms with Crippen LogP contribution in [0.15, 0.2) is 62.9 Å². The summed E-state index contributed by atoms with van der Waals surface area (Å²) in [5.41, 5.74) is 1.85. The van der Waals surface area contributed by atoms with Crippen molar-refractivity contribution in [1.29, 1.82) is 0 Å². The summed E-state index contributed by atoms with van der Waals surface area (Å²) < 4.78 is 0.839. The Kier molecular flexibility index (Phi) is 3.68. The highest BCUT2D eigenvalue weighted by atomic mass is 79.9. The van der Waals surface area contributed by atoms with Crippen molar-refractivity contribution in [1.82, 2.24) is 4.98 Å². The quantitative estimate of drug-likeness (QED) is 0.654. The minimum absolute atomic E-state index is 0.0686. The molecule has 0 bridgehead atoms. The number of rotatable bonds is 3. The van der Waals surface area contributed by atoms with Crippen LogP contribution in [-0.4, -0.2) is 10.8 Å². The number of carbonyl (C=O) groups excluding carboxylic acids is 1. The molecule has 3 aromatic rings. The summed E-state index contributed by atoms with van der Waals surface area (Å²) in [5.74, 6) is 0.0686. The van der Waals surface area contributed by atoms with Crippen molar-refractivity contribution >= 4 is 44.4 Å². The number of Topliss-reactive ketones (excluding diaryl/α,β-unsaturated/α-hetero) is 1. The van der Waals surface area contributed by atoms with E-state index < -0.39 is 0 Å². The molecule has 0 spiro atoms. The van der Waals surface area contributed by atoms with Crippen LogP contribution in [-0.2, 0) is 0 Å². The Hall–Kier alpha value is -1.52. The van der Waals surface area contributed by atoms with Gasteiger partial charge in [0.25, 0.3) is 0 Å². The Morgan fingerprint density at radius 2 is 1.95 bits per heavy atom. The van der Waals surface area contributed by atoms with Gasteiger partial charge in [-0.15, -0.1) is 0 Å². The number of hydrogen-bond acceptors (Lipinski definition) is 2. The first kappa shape index (κ1) is 13.5. The van der Waals surface area contributed by atoms with Crippen molar-refractivity contribution < 1.29 is 4.79 Å².